The minimum Gasteiger partial charge on any atom is -0.475 e. The van der Waals surface area contributed by atoms with Crippen molar-refractivity contribution in [2.24, 2.45) is 0 Å². The quantitative estimate of drug-likeness (QED) is 0.403. The van der Waals surface area contributed by atoms with Gasteiger partial charge in [-0.1, -0.05) is 15.9 Å². The standard InChI is InChI=1S/C20H25BrN4O3S.C2HF3O2/c1-14(2)23-20(26)15-3-8-19(25-11-9-22-10-12-25)18(13-15)24-29(27,28)17-6-4-16(21)5-7-17;3-2(4,5)1(6)7/h3-8,13-14,22,24H,9-12H2,1-2H3,(H,23,26);(H,6,7). The van der Waals surface area contributed by atoms with Crippen molar-refractivity contribution < 1.29 is 36.3 Å². The van der Waals surface area contributed by atoms with E-state index in [0.29, 0.717) is 11.3 Å². The predicted molar refractivity (Wildman–Crippen MR) is 133 cm³/mol. The maximum absolute atomic E-state index is 12.9. The van der Waals surface area contributed by atoms with Gasteiger partial charge in [0.15, 0.2) is 0 Å². The second kappa shape index (κ2) is 12.4. The molecule has 1 fully saturated rings. The van der Waals surface area contributed by atoms with Gasteiger partial charge in [0.25, 0.3) is 15.9 Å². The number of sulfonamides is 1. The number of hydrogen-bond acceptors (Lipinski definition) is 6. The molecule has 0 unspecified atom stereocenters. The van der Waals surface area contributed by atoms with Gasteiger partial charge in [0.1, 0.15) is 0 Å². The number of anilines is 2. The first kappa shape index (κ1) is 29.4. The van der Waals surface area contributed by atoms with Crippen molar-refractivity contribution in [2.75, 3.05) is 35.8 Å². The summed E-state index contributed by atoms with van der Waals surface area (Å²) >= 11 is 3.32. The van der Waals surface area contributed by atoms with Gasteiger partial charge in [-0.3, -0.25) is 9.52 Å². The van der Waals surface area contributed by atoms with Crippen molar-refractivity contribution in [1.29, 1.82) is 0 Å². The van der Waals surface area contributed by atoms with E-state index in [1.165, 1.54) is 12.1 Å². The number of rotatable bonds is 6. The molecule has 0 aromatic heterocycles. The average Bonchev–Trinajstić information content (AvgIpc) is 2.79. The van der Waals surface area contributed by atoms with Crippen LogP contribution in [-0.2, 0) is 14.8 Å². The fourth-order valence-electron chi connectivity index (χ4n) is 3.10. The van der Waals surface area contributed by atoms with Gasteiger partial charge >= 0.3 is 12.1 Å². The highest BCUT2D eigenvalue weighted by Gasteiger charge is 2.38. The molecule has 198 valence electrons. The Kier molecular flexibility index (Phi) is 10.1. The Hall–Kier alpha value is -2.84. The van der Waals surface area contributed by atoms with Crippen LogP contribution in [0.25, 0.3) is 0 Å². The third-order valence-electron chi connectivity index (χ3n) is 4.75. The van der Waals surface area contributed by atoms with Gasteiger partial charge in [-0.2, -0.15) is 13.2 Å². The molecule has 4 N–H and O–H groups in total. The van der Waals surface area contributed by atoms with Crippen LogP contribution in [0.5, 0.6) is 0 Å². The highest BCUT2D eigenvalue weighted by molar-refractivity contribution is 9.10. The summed E-state index contributed by atoms with van der Waals surface area (Å²) in [5, 5.41) is 13.3. The molecule has 0 atom stereocenters. The van der Waals surface area contributed by atoms with Gasteiger partial charge in [-0.25, -0.2) is 13.2 Å². The molecule has 1 amide bonds. The lowest BCUT2D eigenvalue weighted by molar-refractivity contribution is -0.192. The number of nitrogens with one attached hydrogen (secondary N) is 3. The molecule has 2 aromatic rings. The summed E-state index contributed by atoms with van der Waals surface area (Å²) < 4.78 is 61.1. The number of aliphatic carboxylic acids is 1. The second-order valence-electron chi connectivity index (χ2n) is 7.96. The fourth-order valence-corrected chi connectivity index (χ4v) is 4.43. The number of alkyl halides is 3. The first-order chi connectivity index (χ1) is 16.7. The lowest BCUT2D eigenvalue weighted by Crippen LogP contribution is -2.43. The molecule has 0 aliphatic carbocycles. The van der Waals surface area contributed by atoms with Crippen LogP contribution >= 0.6 is 15.9 Å². The van der Waals surface area contributed by atoms with E-state index in [1.807, 2.05) is 13.8 Å². The lowest BCUT2D eigenvalue weighted by atomic mass is 10.1. The Morgan fingerprint density at radius 3 is 2.14 bits per heavy atom. The number of nitrogens with zero attached hydrogens (tertiary/aromatic N) is 1. The van der Waals surface area contributed by atoms with E-state index in [1.54, 1.807) is 30.3 Å². The van der Waals surface area contributed by atoms with E-state index in [9.17, 15) is 26.4 Å². The zero-order valence-electron chi connectivity index (χ0n) is 19.4. The molecule has 0 spiro atoms. The zero-order chi connectivity index (χ0) is 27.1. The van der Waals surface area contributed by atoms with E-state index in [2.05, 4.69) is 36.2 Å². The average molecular weight is 595 g/mol. The first-order valence-electron chi connectivity index (χ1n) is 10.7. The third kappa shape index (κ3) is 8.68. The Bertz CT molecular complexity index is 1170. The van der Waals surface area contributed by atoms with Crippen LogP contribution in [-0.4, -0.2) is 63.8 Å². The summed E-state index contributed by atoms with van der Waals surface area (Å²) in [6.07, 6.45) is -5.08. The monoisotopic (exact) mass is 594 g/mol. The molecular weight excluding hydrogens is 569 g/mol. The number of hydrogen-bond donors (Lipinski definition) is 4. The second-order valence-corrected chi connectivity index (χ2v) is 10.6. The van der Waals surface area contributed by atoms with Crippen molar-refractivity contribution in [3.63, 3.8) is 0 Å². The van der Waals surface area contributed by atoms with Gasteiger partial charge in [-0.15, -0.1) is 0 Å². The van der Waals surface area contributed by atoms with E-state index < -0.39 is 22.2 Å². The molecule has 0 bridgehead atoms. The number of amides is 1. The Morgan fingerprint density at radius 1 is 1.08 bits per heavy atom. The predicted octanol–water partition coefficient (Wildman–Crippen LogP) is 3.43. The molecule has 1 aliphatic heterocycles. The normalized spacial score (nSPS) is 14.0. The van der Waals surface area contributed by atoms with Gasteiger partial charge in [0.05, 0.1) is 16.3 Å². The zero-order valence-corrected chi connectivity index (χ0v) is 21.8. The Balaban J connectivity index is 0.000000572. The number of halogens is 4. The number of piperazine rings is 1. The molecule has 3 rings (SSSR count). The minimum absolute atomic E-state index is 0.0155. The van der Waals surface area contributed by atoms with Crippen LogP contribution < -0.4 is 20.3 Å². The summed E-state index contributed by atoms with van der Waals surface area (Å²) in [4.78, 5) is 23.6. The Labute approximate surface area is 215 Å². The lowest BCUT2D eigenvalue weighted by Gasteiger charge is -2.31. The van der Waals surface area contributed by atoms with E-state index in [0.717, 1.165) is 36.3 Å². The number of carbonyl (C=O) groups is 2. The summed E-state index contributed by atoms with van der Waals surface area (Å²) in [6, 6.07) is 11.5. The highest BCUT2D eigenvalue weighted by atomic mass is 79.9. The SMILES string of the molecule is CC(C)NC(=O)c1ccc(N2CCNCC2)c(NS(=O)(=O)c2ccc(Br)cc2)c1.O=C(O)C(F)(F)F. The van der Waals surface area contributed by atoms with Crippen LogP contribution in [0, 0.1) is 0 Å². The van der Waals surface area contributed by atoms with Crippen molar-refractivity contribution >= 4 is 49.2 Å². The molecule has 0 saturated carbocycles. The molecule has 1 aliphatic rings. The Morgan fingerprint density at radius 2 is 1.64 bits per heavy atom. The van der Waals surface area contributed by atoms with E-state index in [-0.39, 0.29) is 16.8 Å². The highest BCUT2D eigenvalue weighted by Crippen LogP contribution is 2.30. The fraction of sp³-hybridized carbons (Fsp3) is 0.364. The maximum atomic E-state index is 12.9. The topological polar surface area (TPSA) is 128 Å². The van der Waals surface area contributed by atoms with E-state index >= 15 is 0 Å². The van der Waals surface area contributed by atoms with Crippen molar-refractivity contribution in [3.8, 4) is 0 Å². The molecular formula is C22H26BrF3N4O5S. The number of benzene rings is 2. The molecule has 0 radical (unpaired) electrons. The summed E-state index contributed by atoms with van der Waals surface area (Å²) in [5.74, 6) is -3.00. The summed E-state index contributed by atoms with van der Waals surface area (Å²) in [7, 11) is -3.80. The number of carboxylic acids is 1. The van der Waals surface area contributed by atoms with Crippen LogP contribution in [0.2, 0.25) is 0 Å². The molecule has 2 aromatic carbocycles. The van der Waals surface area contributed by atoms with Gasteiger partial charge in [0, 0.05) is 42.3 Å². The van der Waals surface area contributed by atoms with Crippen molar-refractivity contribution in [3.05, 3.63) is 52.5 Å². The van der Waals surface area contributed by atoms with Crippen molar-refractivity contribution in [1.82, 2.24) is 10.6 Å². The van der Waals surface area contributed by atoms with E-state index in [4.69, 9.17) is 9.90 Å². The maximum Gasteiger partial charge on any atom is 0.490 e. The largest absolute Gasteiger partial charge is 0.490 e. The third-order valence-corrected chi connectivity index (χ3v) is 6.66. The molecule has 36 heavy (non-hydrogen) atoms. The van der Waals surface area contributed by atoms with Gasteiger partial charge in [-0.05, 0) is 56.3 Å². The summed E-state index contributed by atoms with van der Waals surface area (Å²) in [5.41, 5.74) is 1.56. The molecule has 9 nitrogen and oxygen atoms in total. The molecule has 1 heterocycles. The number of carbonyl (C=O) groups excluding carboxylic acids is 1. The van der Waals surface area contributed by atoms with Gasteiger partial charge in [0.2, 0.25) is 0 Å². The van der Waals surface area contributed by atoms with Crippen LogP contribution in [0.4, 0.5) is 24.5 Å². The molecule has 14 heteroatoms. The van der Waals surface area contributed by atoms with Crippen LogP contribution in [0.15, 0.2) is 51.8 Å². The smallest absolute Gasteiger partial charge is 0.475 e. The van der Waals surface area contributed by atoms with Crippen molar-refractivity contribution in [2.45, 2.75) is 31.0 Å². The first-order valence-corrected chi connectivity index (χ1v) is 13.0. The number of carboxylic acid groups (broad SMARTS) is 1. The summed E-state index contributed by atoms with van der Waals surface area (Å²) in [6.45, 7) is 6.90. The van der Waals surface area contributed by atoms with Crippen LogP contribution in [0.1, 0.15) is 24.2 Å². The van der Waals surface area contributed by atoms with Crippen LogP contribution in [0.3, 0.4) is 0 Å². The molecule has 1 saturated heterocycles. The minimum atomic E-state index is -5.08. The van der Waals surface area contributed by atoms with Gasteiger partial charge < -0.3 is 20.6 Å².